The topological polar surface area (TPSA) is 78.3 Å². The van der Waals surface area contributed by atoms with Crippen LogP contribution in [0.2, 0.25) is 0 Å². The lowest BCUT2D eigenvalue weighted by Gasteiger charge is -2.32. The van der Waals surface area contributed by atoms with E-state index >= 15 is 0 Å². The van der Waals surface area contributed by atoms with Crippen molar-refractivity contribution in [2.45, 2.75) is 38.8 Å². The first-order valence-electron chi connectivity index (χ1n) is 10.4. The van der Waals surface area contributed by atoms with E-state index in [1.54, 1.807) is 11.8 Å². The zero-order valence-corrected chi connectivity index (χ0v) is 17.6. The third-order valence-electron chi connectivity index (χ3n) is 5.83. The molecule has 0 amide bonds. The Morgan fingerprint density at radius 1 is 1.13 bits per heavy atom. The number of ether oxygens (including phenoxy) is 2. The first-order chi connectivity index (χ1) is 15.1. The molecule has 2 aromatic carbocycles. The van der Waals surface area contributed by atoms with Crippen LogP contribution in [0, 0.1) is 6.92 Å². The number of Topliss-reactive ketones (excluding diaryl/α,β-unsaturated/α-hetero) is 1. The van der Waals surface area contributed by atoms with Crippen molar-refractivity contribution in [2.75, 3.05) is 12.4 Å². The molecule has 0 saturated carbocycles. The van der Waals surface area contributed by atoms with Gasteiger partial charge in [-0.1, -0.05) is 35.9 Å². The summed E-state index contributed by atoms with van der Waals surface area (Å²) in [5, 5.41) is 7.67. The molecule has 0 fully saturated rings. The highest BCUT2D eigenvalue weighted by molar-refractivity contribution is 5.99. The number of hydrogen-bond donors (Lipinski definition) is 1. The van der Waals surface area contributed by atoms with Crippen molar-refractivity contribution < 1.29 is 14.3 Å². The molecule has 158 valence electrons. The van der Waals surface area contributed by atoms with Crippen LogP contribution < -0.4 is 14.8 Å². The van der Waals surface area contributed by atoms with Crippen molar-refractivity contribution in [2.24, 2.45) is 0 Å². The summed E-state index contributed by atoms with van der Waals surface area (Å²) >= 11 is 0. The Labute approximate surface area is 180 Å². The van der Waals surface area contributed by atoms with Crippen LogP contribution in [-0.4, -0.2) is 27.7 Å². The summed E-state index contributed by atoms with van der Waals surface area (Å²) in [4.78, 5) is 17.2. The van der Waals surface area contributed by atoms with Crippen LogP contribution in [0.25, 0.3) is 0 Å². The second-order valence-corrected chi connectivity index (χ2v) is 7.91. The van der Waals surface area contributed by atoms with Gasteiger partial charge in [-0.3, -0.25) is 4.79 Å². The van der Waals surface area contributed by atoms with Gasteiger partial charge in [0, 0.05) is 17.7 Å². The number of aryl methyl sites for hydroxylation is 1. The number of allylic oxidation sites excluding steroid dienone is 2. The molecule has 0 radical (unpaired) electrons. The summed E-state index contributed by atoms with van der Waals surface area (Å²) in [5.41, 5.74) is 4.92. The number of carbonyl (C=O) groups is 1. The minimum Gasteiger partial charge on any atom is -0.493 e. The number of benzene rings is 2. The number of aromatic nitrogens is 3. The number of nitrogens with one attached hydrogen (secondary N) is 1. The largest absolute Gasteiger partial charge is 0.493 e. The molecular weight excluding hydrogens is 392 g/mol. The molecule has 2 aliphatic rings. The maximum absolute atomic E-state index is 12.8. The van der Waals surface area contributed by atoms with Gasteiger partial charge in [0.05, 0.1) is 7.11 Å². The van der Waals surface area contributed by atoms with E-state index in [2.05, 4.69) is 46.6 Å². The molecule has 3 aromatic rings. The van der Waals surface area contributed by atoms with E-state index in [1.165, 1.54) is 11.9 Å². The van der Waals surface area contributed by atoms with Crippen molar-refractivity contribution in [3.8, 4) is 11.5 Å². The molecule has 31 heavy (non-hydrogen) atoms. The smallest absolute Gasteiger partial charge is 0.226 e. The summed E-state index contributed by atoms with van der Waals surface area (Å²) in [6.45, 7) is 2.51. The second kappa shape index (κ2) is 7.91. The Morgan fingerprint density at radius 3 is 2.77 bits per heavy atom. The summed E-state index contributed by atoms with van der Waals surface area (Å²) < 4.78 is 13.4. The number of hydrogen-bond acceptors (Lipinski definition) is 6. The van der Waals surface area contributed by atoms with Crippen LogP contribution in [0.15, 0.2) is 60.1 Å². The van der Waals surface area contributed by atoms with Crippen molar-refractivity contribution in [3.63, 3.8) is 0 Å². The van der Waals surface area contributed by atoms with Crippen molar-refractivity contribution in [3.05, 3.63) is 76.8 Å². The highest BCUT2D eigenvalue weighted by Gasteiger charge is 2.36. The Balaban J connectivity index is 1.48. The monoisotopic (exact) mass is 416 g/mol. The molecule has 1 aliphatic carbocycles. The van der Waals surface area contributed by atoms with E-state index in [9.17, 15) is 4.79 Å². The zero-order valence-electron chi connectivity index (χ0n) is 17.6. The quantitative estimate of drug-likeness (QED) is 0.672. The van der Waals surface area contributed by atoms with Crippen LogP contribution in [-0.2, 0) is 11.4 Å². The maximum Gasteiger partial charge on any atom is 0.226 e. The minimum absolute atomic E-state index is 0.151. The highest BCUT2D eigenvalue weighted by Crippen LogP contribution is 2.41. The third-order valence-corrected chi connectivity index (χ3v) is 5.83. The van der Waals surface area contributed by atoms with E-state index in [0.29, 0.717) is 30.5 Å². The molecule has 5 rings (SSSR count). The highest BCUT2D eigenvalue weighted by atomic mass is 16.5. The van der Waals surface area contributed by atoms with Gasteiger partial charge in [0.2, 0.25) is 5.95 Å². The van der Waals surface area contributed by atoms with Crippen molar-refractivity contribution in [1.29, 1.82) is 0 Å². The van der Waals surface area contributed by atoms with Crippen LogP contribution in [0.1, 0.15) is 42.0 Å². The summed E-state index contributed by atoms with van der Waals surface area (Å²) in [6.07, 6.45) is 3.74. The van der Waals surface area contributed by atoms with Crippen molar-refractivity contribution >= 4 is 11.7 Å². The summed E-state index contributed by atoms with van der Waals surface area (Å²) in [5.74, 6) is 2.08. The van der Waals surface area contributed by atoms with E-state index in [1.807, 2.05) is 18.2 Å². The Bertz CT molecular complexity index is 1160. The third kappa shape index (κ3) is 3.56. The lowest BCUT2D eigenvalue weighted by Crippen LogP contribution is -2.31. The normalized spacial score (nSPS) is 17.6. The molecule has 1 atom stereocenters. The number of fused-ring (bicyclic) bond motifs is 1. The number of nitrogens with zero attached hydrogens (tertiary/aromatic N) is 3. The van der Waals surface area contributed by atoms with Gasteiger partial charge in [0.25, 0.3) is 0 Å². The SMILES string of the molecule is COc1cc(C2C3=C(CCCC3=O)Nc3ncnn32)ccc1OCc1ccc(C)cc1. The molecule has 1 aromatic heterocycles. The average molecular weight is 416 g/mol. The molecule has 7 nitrogen and oxygen atoms in total. The molecule has 7 heteroatoms. The maximum atomic E-state index is 12.8. The fourth-order valence-electron chi connectivity index (χ4n) is 4.22. The fraction of sp³-hybridized carbons (Fsp3) is 0.292. The van der Waals surface area contributed by atoms with Gasteiger partial charge in [-0.2, -0.15) is 10.1 Å². The molecule has 2 heterocycles. The molecule has 0 bridgehead atoms. The molecule has 0 spiro atoms. The Hall–Kier alpha value is -3.61. The molecular formula is C24H24N4O3. The lowest BCUT2D eigenvalue weighted by molar-refractivity contribution is -0.116. The van der Waals surface area contributed by atoms with Crippen LogP contribution in [0.4, 0.5) is 5.95 Å². The number of rotatable bonds is 5. The molecule has 1 aliphatic heterocycles. The number of ketones is 1. The number of methoxy groups -OCH3 is 1. The van der Waals surface area contributed by atoms with Gasteiger partial charge in [0.15, 0.2) is 17.3 Å². The fourth-order valence-corrected chi connectivity index (χ4v) is 4.22. The van der Waals surface area contributed by atoms with Gasteiger partial charge in [-0.05, 0) is 43.0 Å². The Morgan fingerprint density at radius 2 is 1.97 bits per heavy atom. The van der Waals surface area contributed by atoms with E-state index < -0.39 is 0 Å². The molecule has 1 N–H and O–H groups in total. The number of anilines is 1. The molecule has 0 saturated heterocycles. The van der Waals surface area contributed by atoms with Gasteiger partial charge >= 0.3 is 0 Å². The van der Waals surface area contributed by atoms with Gasteiger partial charge < -0.3 is 14.8 Å². The predicted octanol–water partition coefficient (Wildman–Crippen LogP) is 4.20. The predicted molar refractivity (Wildman–Crippen MR) is 116 cm³/mol. The first-order valence-corrected chi connectivity index (χ1v) is 10.4. The average Bonchev–Trinajstić information content (AvgIpc) is 3.25. The van der Waals surface area contributed by atoms with Gasteiger partial charge in [-0.25, -0.2) is 4.68 Å². The minimum atomic E-state index is -0.332. The van der Waals surface area contributed by atoms with E-state index in [0.717, 1.165) is 35.2 Å². The van der Waals surface area contributed by atoms with Crippen LogP contribution >= 0.6 is 0 Å². The van der Waals surface area contributed by atoms with Crippen LogP contribution in [0.5, 0.6) is 11.5 Å². The van der Waals surface area contributed by atoms with Gasteiger partial charge in [-0.15, -0.1) is 0 Å². The first kappa shape index (κ1) is 19.4. The standard InChI is InChI=1S/C24H24N4O3/c1-15-6-8-16(9-7-15)13-31-20-11-10-17(12-21(20)30-2)23-22-18(4-3-5-19(22)29)27-24-25-14-26-28(23)24/h6-12,14,23H,3-5,13H2,1-2H3,(H,25,26,27). The number of carbonyl (C=O) groups excluding carboxylic acids is 1. The second-order valence-electron chi connectivity index (χ2n) is 7.91. The van der Waals surface area contributed by atoms with Crippen molar-refractivity contribution in [1.82, 2.24) is 14.8 Å². The zero-order chi connectivity index (χ0) is 21.4. The van der Waals surface area contributed by atoms with Gasteiger partial charge in [0.1, 0.15) is 19.0 Å². The van der Waals surface area contributed by atoms with E-state index in [-0.39, 0.29) is 11.8 Å². The molecule has 1 unspecified atom stereocenters. The summed E-state index contributed by atoms with van der Waals surface area (Å²) in [6, 6.07) is 13.7. The summed E-state index contributed by atoms with van der Waals surface area (Å²) in [7, 11) is 1.62. The van der Waals surface area contributed by atoms with E-state index in [4.69, 9.17) is 9.47 Å². The van der Waals surface area contributed by atoms with Crippen LogP contribution in [0.3, 0.4) is 0 Å². The lowest BCUT2D eigenvalue weighted by atomic mass is 9.85. The Kier molecular flexibility index (Phi) is 4.94.